The molecule has 1 fully saturated rings. The minimum absolute atomic E-state index is 0.0959. The molecule has 0 spiro atoms. The number of para-hydroxylation sites is 1. The molecular formula is C27H24ClN3O4S. The number of halogens is 1. The summed E-state index contributed by atoms with van der Waals surface area (Å²) in [7, 11) is 0. The van der Waals surface area contributed by atoms with E-state index in [2.05, 4.69) is 4.90 Å². The topological polar surface area (TPSA) is 70.2 Å². The van der Waals surface area contributed by atoms with Crippen LogP contribution in [0.25, 0.3) is 0 Å². The molecule has 2 heterocycles. The molecule has 1 atom stereocenters. The Bertz CT molecular complexity index is 1300. The van der Waals surface area contributed by atoms with Crippen LogP contribution in [0.3, 0.4) is 0 Å². The SMILES string of the molecule is CCCOC(c1cccc(N2CN(c3ccccc3)c3ccc(Cl)cc3C2=O)c1)N1C(=O)CSC1=O. The first kappa shape index (κ1) is 24.4. The Morgan fingerprint density at radius 2 is 1.72 bits per heavy atom. The average Bonchev–Trinajstić information content (AvgIpc) is 3.23. The van der Waals surface area contributed by atoms with Crippen molar-refractivity contribution in [2.24, 2.45) is 0 Å². The summed E-state index contributed by atoms with van der Waals surface area (Å²) in [4.78, 5) is 43.5. The molecule has 3 aromatic carbocycles. The zero-order valence-corrected chi connectivity index (χ0v) is 21.2. The van der Waals surface area contributed by atoms with Crippen LogP contribution in [-0.2, 0) is 9.53 Å². The molecule has 5 rings (SSSR count). The largest absolute Gasteiger partial charge is 0.353 e. The molecule has 0 aromatic heterocycles. The van der Waals surface area contributed by atoms with E-state index in [1.165, 1.54) is 4.90 Å². The quantitative estimate of drug-likeness (QED) is 0.368. The molecule has 1 unspecified atom stereocenters. The maximum atomic E-state index is 13.6. The highest BCUT2D eigenvalue weighted by molar-refractivity contribution is 8.14. The van der Waals surface area contributed by atoms with Crippen molar-refractivity contribution in [2.45, 2.75) is 19.6 Å². The van der Waals surface area contributed by atoms with Crippen molar-refractivity contribution in [3.8, 4) is 0 Å². The van der Waals surface area contributed by atoms with Crippen LogP contribution in [0.15, 0.2) is 72.8 Å². The third-order valence-electron chi connectivity index (χ3n) is 6.04. The van der Waals surface area contributed by atoms with Crippen molar-refractivity contribution in [1.29, 1.82) is 0 Å². The second-order valence-electron chi connectivity index (χ2n) is 8.44. The lowest BCUT2D eigenvalue weighted by molar-refractivity contribution is -0.136. The highest BCUT2D eigenvalue weighted by atomic mass is 35.5. The van der Waals surface area contributed by atoms with Crippen molar-refractivity contribution >= 4 is 57.5 Å². The van der Waals surface area contributed by atoms with Gasteiger partial charge >= 0.3 is 0 Å². The number of fused-ring (bicyclic) bond motifs is 1. The summed E-state index contributed by atoms with van der Waals surface area (Å²) >= 11 is 7.24. The zero-order chi connectivity index (χ0) is 25.2. The molecule has 0 N–H and O–H groups in total. The van der Waals surface area contributed by atoms with Crippen LogP contribution in [0, 0.1) is 0 Å². The third kappa shape index (κ3) is 4.59. The van der Waals surface area contributed by atoms with E-state index in [0.29, 0.717) is 28.4 Å². The van der Waals surface area contributed by atoms with E-state index in [4.69, 9.17) is 16.3 Å². The molecule has 2 aliphatic heterocycles. The lowest BCUT2D eigenvalue weighted by Crippen LogP contribution is -2.45. The van der Waals surface area contributed by atoms with Crippen LogP contribution in [0.5, 0.6) is 0 Å². The monoisotopic (exact) mass is 521 g/mol. The summed E-state index contributed by atoms with van der Waals surface area (Å²) in [6.45, 7) is 2.62. The standard InChI is InChI=1S/C27H24ClN3O4S/c1-2-13-35-26(31-24(32)16-36-27(31)34)18-7-6-10-21(14-18)30-17-29(20-8-4-3-5-9-20)23-12-11-19(28)15-22(23)25(30)33/h3-12,14-15,26H,2,13,16-17H2,1H3. The summed E-state index contributed by atoms with van der Waals surface area (Å²) in [5.74, 6) is -0.380. The number of thioether (sulfide) groups is 1. The molecule has 1 saturated heterocycles. The van der Waals surface area contributed by atoms with Crippen LogP contribution >= 0.6 is 23.4 Å². The Labute approximate surface area is 218 Å². The molecule has 2 aliphatic rings. The fourth-order valence-corrected chi connectivity index (χ4v) is 5.25. The molecule has 0 bridgehead atoms. The number of amides is 3. The van der Waals surface area contributed by atoms with Gasteiger partial charge in [0.25, 0.3) is 11.1 Å². The van der Waals surface area contributed by atoms with Crippen molar-refractivity contribution in [2.75, 3.05) is 28.8 Å². The Balaban J connectivity index is 1.55. The predicted molar refractivity (Wildman–Crippen MR) is 142 cm³/mol. The minimum atomic E-state index is -0.855. The van der Waals surface area contributed by atoms with Crippen molar-refractivity contribution in [3.05, 3.63) is 88.9 Å². The molecule has 0 saturated carbocycles. The second kappa shape index (κ2) is 10.3. The summed E-state index contributed by atoms with van der Waals surface area (Å²) in [5, 5.41) is 0.140. The normalized spacial score (nSPS) is 16.5. The molecule has 3 amide bonds. The first-order chi connectivity index (χ1) is 17.5. The van der Waals surface area contributed by atoms with E-state index in [-0.39, 0.29) is 29.5 Å². The highest BCUT2D eigenvalue weighted by Crippen LogP contribution is 2.38. The summed E-state index contributed by atoms with van der Waals surface area (Å²) in [6.07, 6.45) is -0.125. The van der Waals surface area contributed by atoms with E-state index in [1.54, 1.807) is 29.2 Å². The molecular weight excluding hydrogens is 498 g/mol. The maximum Gasteiger partial charge on any atom is 0.291 e. The highest BCUT2D eigenvalue weighted by Gasteiger charge is 2.38. The number of hydrogen-bond acceptors (Lipinski definition) is 6. The van der Waals surface area contributed by atoms with Crippen molar-refractivity contribution < 1.29 is 19.1 Å². The molecule has 0 aliphatic carbocycles. The number of imide groups is 1. The molecule has 7 nitrogen and oxygen atoms in total. The number of carbonyl (C=O) groups is 3. The minimum Gasteiger partial charge on any atom is -0.353 e. The molecule has 184 valence electrons. The number of ether oxygens (including phenoxy) is 1. The Morgan fingerprint density at radius 1 is 0.944 bits per heavy atom. The zero-order valence-electron chi connectivity index (χ0n) is 19.6. The van der Waals surface area contributed by atoms with Gasteiger partial charge in [-0.15, -0.1) is 0 Å². The van der Waals surface area contributed by atoms with Crippen LogP contribution < -0.4 is 9.80 Å². The van der Waals surface area contributed by atoms with Gasteiger partial charge in [0.1, 0.15) is 6.67 Å². The number of carbonyl (C=O) groups excluding carboxylic acids is 3. The third-order valence-corrected chi connectivity index (χ3v) is 7.11. The smallest absolute Gasteiger partial charge is 0.291 e. The summed E-state index contributed by atoms with van der Waals surface area (Å²) < 4.78 is 5.97. The Hall–Kier alpha value is -3.33. The average molecular weight is 522 g/mol. The van der Waals surface area contributed by atoms with Gasteiger partial charge in [-0.2, -0.15) is 0 Å². The van der Waals surface area contributed by atoms with E-state index in [9.17, 15) is 14.4 Å². The van der Waals surface area contributed by atoms with Gasteiger partial charge in [-0.3, -0.25) is 19.3 Å². The van der Waals surface area contributed by atoms with Gasteiger partial charge in [-0.1, -0.05) is 60.6 Å². The van der Waals surface area contributed by atoms with Crippen LogP contribution in [0.4, 0.5) is 21.9 Å². The fraction of sp³-hybridized carbons (Fsp3) is 0.222. The van der Waals surface area contributed by atoms with Gasteiger partial charge in [0.15, 0.2) is 6.23 Å². The fourth-order valence-electron chi connectivity index (χ4n) is 4.36. The van der Waals surface area contributed by atoms with E-state index in [1.807, 2.05) is 55.5 Å². The lowest BCUT2D eigenvalue weighted by atomic mass is 10.1. The van der Waals surface area contributed by atoms with Gasteiger partial charge in [0.2, 0.25) is 5.91 Å². The summed E-state index contributed by atoms with van der Waals surface area (Å²) in [5.41, 5.74) is 3.45. The van der Waals surface area contributed by atoms with Crippen molar-refractivity contribution in [1.82, 2.24) is 4.90 Å². The second-order valence-corrected chi connectivity index (χ2v) is 9.80. The molecule has 0 radical (unpaired) electrons. The molecule has 36 heavy (non-hydrogen) atoms. The number of benzene rings is 3. The van der Waals surface area contributed by atoms with Gasteiger partial charge in [-0.25, -0.2) is 4.90 Å². The number of nitrogens with zero attached hydrogens (tertiary/aromatic N) is 3. The summed E-state index contributed by atoms with van der Waals surface area (Å²) in [6, 6.07) is 22.4. The first-order valence-electron chi connectivity index (χ1n) is 11.6. The lowest BCUT2D eigenvalue weighted by Gasteiger charge is -2.38. The van der Waals surface area contributed by atoms with Crippen LogP contribution in [0.1, 0.15) is 35.5 Å². The van der Waals surface area contributed by atoms with Crippen molar-refractivity contribution in [3.63, 3.8) is 0 Å². The van der Waals surface area contributed by atoms with E-state index in [0.717, 1.165) is 29.6 Å². The Morgan fingerprint density at radius 3 is 2.44 bits per heavy atom. The first-order valence-corrected chi connectivity index (χ1v) is 13.0. The predicted octanol–water partition coefficient (Wildman–Crippen LogP) is 6.22. The number of rotatable bonds is 7. The van der Waals surface area contributed by atoms with Gasteiger partial charge < -0.3 is 9.64 Å². The van der Waals surface area contributed by atoms with E-state index >= 15 is 0 Å². The molecule has 3 aromatic rings. The Kier molecular flexibility index (Phi) is 7.00. The van der Waals surface area contributed by atoms with Crippen LogP contribution in [0.2, 0.25) is 5.02 Å². The maximum absolute atomic E-state index is 13.6. The van der Waals surface area contributed by atoms with Gasteiger partial charge in [0.05, 0.1) is 17.0 Å². The van der Waals surface area contributed by atoms with Gasteiger partial charge in [0, 0.05) is 28.6 Å². The van der Waals surface area contributed by atoms with Gasteiger partial charge in [-0.05, 0) is 48.9 Å². The number of anilines is 3. The van der Waals surface area contributed by atoms with Crippen LogP contribution in [-0.4, -0.2) is 41.0 Å². The molecule has 9 heteroatoms. The number of hydrogen-bond donors (Lipinski definition) is 0. The van der Waals surface area contributed by atoms with E-state index < -0.39 is 6.23 Å².